The summed E-state index contributed by atoms with van der Waals surface area (Å²) in [7, 11) is 0. The molecule has 2 aromatic heterocycles. The van der Waals surface area contributed by atoms with Crippen LogP contribution in [0.4, 0.5) is 17.3 Å². The molecule has 0 unspecified atom stereocenters. The Bertz CT molecular complexity index is 2630. The van der Waals surface area contributed by atoms with Gasteiger partial charge in [0.05, 0.1) is 27.3 Å². The Balaban J connectivity index is 1.34. The molecule has 9 aromatic rings. The van der Waals surface area contributed by atoms with Crippen LogP contribution in [0, 0.1) is 0 Å². The Hall–Kier alpha value is -5.58. The van der Waals surface area contributed by atoms with Crippen molar-refractivity contribution in [3.05, 3.63) is 140 Å². The summed E-state index contributed by atoms with van der Waals surface area (Å²) in [5.74, 6) is 0.683. The van der Waals surface area contributed by atoms with Gasteiger partial charge in [-0.25, -0.2) is 9.97 Å². The van der Waals surface area contributed by atoms with Gasteiger partial charge in [-0.15, -0.1) is 11.3 Å². The number of benzene rings is 7. The van der Waals surface area contributed by atoms with Gasteiger partial charge in [0, 0.05) is 26.6 Å². The summed E-state index contributed by atoms with van der Waals surface area (Å²) in [6.07, 6.45) is 0. The fraction of sp³-hybridized carbons (Fsp3) is 0. The first kappa shape index (κ1) is 23.9. The molecule has 1 aliphatic rings. The van der Waals surface area contributed by atoms with Crippen LogP contribution in [0.5, 0.6) is 0 Å². The number of fused-ring (bicyclic) bond motifs is 8. The second-order valence-electron chi connectivity index (χ2n) is 11.4. The number of thiophene rings is 1. The van der Waals surface area contributed by atoms with Gasteiger partial charge in [-0.3, -0.25) is 4.90 Å². The van der Waals surface area contributed by atoms with Gasteiger partial charge in [0.1, 0.15) is 0 Å². The maximum Gasteiger partial charge on any atom is 0.235 e. The van der Waals surface area contributed by atoms with Crippen molar-refractivity contribution in [2.75, 3.05) is 4.90 Å². The van der Waals surface area contributed by atoms with E-state index >= 15 is 0 Å². The second-order valence-corrected chi connectivity index (χ2v) is 12.5. The molecule has 10 rings (SSSR count). The third-order valence-electron chi connectivity index (χ3n) is 8.97. The maximum atomic E-state index is 5.46. The van der Waals surface area contributed by atoms with Crippen LogP contribution in [0.25, 0.3) is 75.0 Å². The average molecular weight is 578 g/mol. The van der Waals surface area contributed by atoms with Gasteiger partial charge < -0.3 is 0 Å². The van der Waals surface area contributed by atoms with Gasteiger partial charge in [0.2, 0.25) is 5.95 Å². The highest BCUT2D eigenvalue weighted by atomic mass is 32.1. The molecule has 0 spiro atoms. The Labute approximate surface area is 257 Å². The number of rotatable bonds is 2. The molecule has 0 N–H and O–H groups in total. The van der Waals surface area contributed by atoms with Crippen LogP contribution < -0.4 is 4.90 Å². The van der Waals surface area contributed by atoms with Crippen molar-refractivity contribution in [2.45, 2.75) is 0 Å². The molecule has 1 aliphatic heterocycles. The first-order valence-corrected chi connectivity index (χ1v) is 15.7. The van der Waals surface area contributed by atoms with Crippen molar-refractivity contribution in [3.8, 4) is 22.4 Å². The van der Waals surface area contributed by atoms with Crippen LogP contribution in [-0.4, -0.2) is 9.97 Å². The Morgan fingerprint density at radius 3 is 2.16 bits per heavy atom. The third-order valence-corrected chi connectivity index (χ3v) is 10.1. The first-order chi connectivity index (χ1) is 21.8. The van der Waals surface area contributed by atoms with Crippen LogP contribution in [0.2, 0.25) is 0 Å². The molecule has 7 aromatic carbocycles. The topological polar surface area (TPSA) is 29.0 Å². The van der Waals surface area contributed by atoms with Crippen LogP contribution in [0.1, 0.15) is 0 Å². The SMILES string of the molecule is c1ccc2cc(-c3nc(N4c5ccc6ccccc6c5-c5cccc6cccc4c56)nc4c3sc3ccccc34)ccc2c1. The molecule has 3 heterocycles. The van der Waals surface area contributed by atoms with Crippen LogP contribution >= 0.6 is 11.3 Å². The summed E-state index contributed by atoms with van der Waals surface area (Å²) < 4.78 is 2.33. The lowest BCUT2D eigenvalue weighted by atomic mass is 9.88. The molecule has 0 saturated carbocycles. The summed E-state index contributed by atoms with van der Waals surface area (Å²) in [4.78, 5) is 13.1. The molecule has 4 heteroatoms. The summed E-state index contributed by atoms with van der Waals surface area (Å²) >= 11 is 1.77. The van der Waals surface area contributed by atoms with Gasteiger partial charge >= 0.3 is 0 Å². The lowest BCUT2D eigenvalue weighted by Gasteiger charge is -2.33. The minimum atomic E-state index is 0.683. The quantitative estimate of drug-likeness (QED) is 0.205. The molecular formula is C40H23N3S. The van der Waals surface area contributed by atoms with E-state index in [0.717, 1.165) is 38.2 Å². The van der Waals surface area contributed by atoms with Gasteiger partial charge in [0.15, 0.2) is 0 Å². The maximum absolute atomic E-state index is 5.46. The number of hydrogen-bond donors (Lipinski definition) is 0. The molecule has 0 radical (unpaired) electrons. The molecule has 0 fully saturated rings. The molecule has 0 bridgehead atoms. The summed E-state index contributed by atoms with van der Waals surface area (Å²) in [5, 5.41) is 8.47. The predicted octanol–water partition coefficient (Wildman–Crippen LogP) is 11.4. The Morgan fingerprint density at radius 2 is 1.25 bits per heavy atom. The average Bonchev–Trinajstić information content (AvgIpc) is 3.46. The summed E-state index contributed by atoms with van der Waals surface area (Å²) in [6, 6.07) is 50.1. The number of hydrogen-bond acceptors (Lipinski definition) is 4. The fourth-order valence-electron chi connectivity index (χ4n) is 7.00. The number of nitrogens with zero attached hydrogens (tertiary/aromatic N) is 3. The van der Waals surface area contributed by atoms with E-state index in [-0.39, 0.29) is 0 Å². The van der Waals surface area contributed by atoms with Gasteiger partial charge in [0.25, 0.3) is 0 Å². The van der Waals surface area contributed by atoms with E-state index in [0.29, 0.717) is 5.95 Å². The smallest absolute Gasteiger partial charge is 0.235 e. The van der Waals surface area contributed by atoms with E-state index in [1.165, 1.54) is 48.1 Å². The molecule has 0 amide bonds. The molecule has 204 valence electrons. The lowest BCUT2D eigenvalue weighted by Crippen LogP contribution is -2.18. The highest BCUT2D eigenvalue weighted by Crippen LogP contribution is 2.53. The second kappa shape index (κ2) is 8.96. The van der Waals surface area contributed by atoms with Gasteiger partial charge in [-0.05, 0) is 56.8 Å². The van der Waals surface area contributed by atoms with Crippen molar-refractivity contribution in [1.82, 2.24) is 9.97 Å². The van der Waals surface area contributed by atoms with E-state index in [9.17, 15) is 0 Å². The van der Waals surface area contributed by atoms with Crippen LogP contribution in [-0.2, 0) is 0 Å². The molecule has 44 heavy (non-hydrogen) atoms. The van der Waals surface area contributed by atoms with E-state index in [4.69, 9.17) is 9.97 Å². The van der Waals surface area contributed by atoms with E-state index in [1.54, 1.807) is 11.3 Å². The summed E-state index contributed by atoms with van der Waals surface area (Å²) in [5.41, 5.74) is 7.72. The molecule has 3 nitrogen and oxygen atoms in total. The molecule has 0 saturated heterocycles. The van der Waals surface area contributed by atoms with E-state index in [2.05, 4.69) is 144 Å². The number of aromatic nitrogens is 2. The van der Waals surface area contributed by atoms with E-state index in [1.807, 2.05) is 0 Å². The zero-order valence-electron chi connectivity index (χ0n) is 23.5. The van der Waals surface area contributed by atoms with E-state index < -0.39 is 0 Å². The standard InChI is InChI=1S/C40H23N3S/c1-2-11-27-23-28(20-19-24(27)9-1)37-39-38(30-15-5-6-18-34(30)44-39)42-40(41-37)43-32-17-8-13-26-12-7-16-31(35(26)32)36-29-14-4-3-10-25(29)21-22-33(36)43/h1-23H. The fourth-order valence-corrected chi connectivity index (χ4v) is 8.16. The van der Waals surface area contributed by atoms with Crippen molar-refractivity contribution in [2.24, 2.45) is 0 Å². The number of anilines is 3. The van der Waals surface area contributed by atoms with Crippen molar-refractivity contribution < 1.29 is 0 Å². The zero-order valence-corrected chi connectivity index (χ0v) is 24.3. The Kier molecular flexibility index (Phi) is 4.87. The lowest BCUT2D eigenvalue weighted by molar-refractivity contribution is 1.12. The normalized spacial score (nSPS) is 12.5. The Morgan fingerprint density at radius 1 is 0.523 bits per heavy atom. The molecule has 0 aliphatic carbocycles. The third kappa shape index (κ3) is 3.31. The van der Waals surface area contributed by atoms with Gasteiger partial charge in [-0.2, -0.15) is 0 Å². The molecule has 0 atom stereocenters. The monoisotopic (exact) mass is 577 g/mol. The minimum Gasteiger partial charge on any atom is -0.278 e. The highest BCUT2D eigenvalue weighted by Gasteiger charge is 2.30. The molecular weight excluding hydrogens is 555 g/mol. The minimum absolute atomic E-state index is 0.683. The van der Waals surface area contributed by atoms with Crippen LogP contribution in [0.15, 0.2) is 140 Å². The highest BCUT2D eigenvalue weighted by molar-refractivity contribution is 7.26. The summed E-state index contributed by atoms with van der Waals surface area (Å²) in [6.45, 7) is 0. The zero-order chi connectivity index (χ0) is 28.8. The first-order valence-electron chi connectivity index (χ1n) is 14.8. The van der Waals surface area contributed by atoms with Crippen molar-refractivity contribution in [3.63, 3.8) is 0 Å². The van der Waals surface area contributed by atoms with Crippen molar-refractivity contribution in [1.29, 1.82) is 0 Å². The van der Waals surface area contributed by atoms with Crippen molar-refractivity contribution >= 4 is 81.3 Å². The predicted molar refractivity (Wildman–Crippen MR) is 187 cm³/mol. The van der Waals surface area contributed by atoms with Gasteiger partial charge in [-0.1, -0.05) is 115 Å². The largest absolute Gasteiger partial charge is 0.278 e. The van der Waals surface area contributed by atoms with Crippen LogP contribution in [0.3, 0.4) is 0 Å².